The van der Waals surface area contributed by atoms with Gasteiger partial charge in [-0.15, -0.1) is 0 Å². The van der Waals surface area contributed by atoms with E-state index in [1.54, 1.807) is 19.1 Å². The number of carbonyl (C=O) groups excluding carboxylic acids is 2. The first-order valence-electron chi connectivity index (χ1n) is 10.3. The molecular weight excluding hydrogens is 514 g/mol. The number of aromatic carboxylic acids is 1. The number of carboxylic acids is 1. The number of rotatable bonds is 6. The van der Waals surface area contributed by atoms with Crippen LogP contribution in [-0.4, -0.2) is 41.0 Å². The number of aryl methyl sites for hydroxylation is 1. The topological polar surface area (TPSA) is 101 Å². The zero-order valence-corrected chi connectivity index (χ0v) is 21.4. The van der Waals surface area contributed by atoms with Gasteiger partial charge in [0.15, 0.2) is 5.13 Å². The smallest absolute Gasteiger partial charge is 0.544 e. The van der Waals surface area contributed by atoms with Gasteiger partial charge in [-0.1, -0.05) is 58.3 Å². The Bertz CT molecular complexity index is 1250. The number of fused-ring (bicyclic) bond motifs is 1. The molecule has 0 spiro atoms. The number of halogens is 3. The maximum absolute atomic E-state index is 12.6. The minimum atomic E-state index is -1.23. The van der Waals surface area contributed by atoms with Crippen LogP contribution in [0.4, 0.5) is 5.13 Å². The van der Waals surface area contributed by atoms with Crippen LogP contribution < -0.4 is 34.2 Å². The van der Waals surface area contributed by atoms with E-state index in [1.807, 2.05) is 12.1 Å². The van der Waals surface area contributed by atoms with Gasteiger partial charge in [-0.3, -0.25) is 4.79 Å². The summed E-state index contributed by atoms with van der Waals surface area (Å²) in [7, 11) is 0. The Morgan fingerprint density at radius 3 is 2.38 bits per heavy atom. The van der Waals surface area contributed by atoms with Gasteiger partial charge in [-0.25, -0.2) is 4.98 Å². The van der Waals surface area contributed by atoms with E-state index in [4.69, 9.17) is 34.8 Å². The van der Waals surface area contributed by atoms with Crippen molar-refractivity contribution in [3.05, 3.63) is 66.9 Å². The van der Waals surface area contributed by atoms with Crippen molar-refractivity contribution in [2.75, 3.05) is 18.0 Å². The third kappa shape index (κ3) is 4.73. The number of H-pyrrole nitrogens is 1. The maximum Gasteiger partial charge on any atom is 1.00 e. The number of aromatic amines is 1. The zero-order valence-electron chi connectivity index (χ0n) is 18.3. The number of anilines is 1. The Morgan fingerprint density at radius 2 is 1.82 bits per heavy atom. The molecule has 172 valence electrons. The van der Waals surface area contributed by atoms with Crippen LogP contribution in [-0.2, 0) is 6.42 Å². The van der Waals surface area contributed by atoms with Gasteiger partial charge in [-0.05, 0) is 24.6 Å². The van der Waals surface area contributed by atoms with Crippen molar-refractivity contribution >= 4 is 63.1 Å². The molecule has 5 rings (SSSR count). The fourth-order valence-electron chi connectivity index (χ4n) is 4.40. The Hall–Kier alpha value is -1.66. The number of nitrogens with one attached hydrogen (secondary N) is 2. The molecule has 1 unspecified atom stereocenters. The summed E-state index contributed by atoms with van der Waals surface area (Å²) in [4.78, 5) is 34.0. The zero-order chi connectivity index (χ0) is 23.4. The van der Waals surface area contributed by atoms with Crippen LogP contribution in [0.1, 0.15) is 37.1 Å². The minimum absolute atomic E-state index is 0. The summed E-state index contributed by atoms with van der Waals surface area (Å²) >= 11 is 19.3. The van der Waals surface area contributed by atoms with E-state index in [9.17, 15) is 14.7 Å². The minimum Gasteiger partial charge on any atom is -0.544 e. The van der Waals surface area contributed by atoms with Crippen molar-refractivity contribution in [2.24, 2.45) is 11.8 Å². The first kappa shape index (κ1) is 25.4. The second-order valence-corrected chi connectivity index (χ2v) is 10.5. The average Bonchev–Trinajstić information content (AvgIpc) is 3.14. The Labute approximate surface area is 227 Å². The van der Waals surface area contributed by atoms with Gasteiger partial charge < -0.3 is 25.1 Å². The van der Waals surface area contributed by atoms with Gasteiger partial charge in [0.05, 0.1) is 26.6 Å². The summed E-state index contributed by atoms with van der Waals surface area (Å²) in [5, 5.41) is 16.6. The van der Waals surface area contributed by atoms with Gasteiger partial charge in [0, 0.05) is 48.1 Å². The largest absolute Gasteiger partial charge is 1.00 e. The number of benzene rings is 1. The molecular formula is C22H18Cl3LiN4O3S. The van der Waals surface area contributed by atoms with Crippen LogP contribution in [0, 0.1) is 18.8 Å². The molecule has 1 saturated carbocycles. The number of piperidine rings is 1. The van der Waals surface area contributed by atoms with Crippen LogP contribution >= 0.6 is 46.1 Å². The van der Waals surface area contributed by atoms with Crippen LogP contribution in [0.2, 0.25) is 15.1 Å². The second-order valence-electron chi connectivity index (χ2n) is 8.35. The van der Waals surface area contributed by atoms with Gasteiger partial charge in [0.1, 0.15) is 5.69 Å². The molecule has 12 heteroatoms. The maximum atomic E-state index is 12.6. The molecule has 0 bridgehead atoms. The fraction of sp³-hybridized carbons (Fsp3) is 0.318. The van der Waals surface area contributed by atoms with Crippen molar-refractivity contribution in [3.63, 3.8) is 0 Å². The van der Waals surface area contributed by atoms with Crippen LogP contribution in [0.5, 0.6) is 0 Å². The van der Waals surface area contributed by atoms with Crippen molar-refractivity contribution < 1.29 is 33.6 Å². The first-order valence-corrected chi connectivity index (χ1v) is 12.2. The summed E-state index contributed by atoms with van der Waals surface area (Å²) in [6.07, 6.45) is 0.384. The van der Waals surface area contributed by atoms with Gasteiger partial charge in [0.25, 0.3) is 5.91 Å². The SMILES string of the molecule is Cc1[nH]c(C(=O)NC2[C@H]3CN(c4nc(Cc5ccc(Cl)cc5)c(C(=O)[O-])s4)C[C@@H]23)c(Cl)c1Cl.[Li+]. The molecule has 3 aromatic rings. The van der Waals surface area contributed by atoms with Crippen molar-refractivity contribution in [1.82, 2.24) is 15.3 Å². The third-order valence-corrected chi connectivity index (χ3v) is 8.54. The molecule has 1 saturated heterocycles. The average molecular weight is 532 g/mol. The normalized spacial score (nSPS) is 20.6. The molecule has 34 heavy (non-hydrogen) atoms. The summed E-state index contributed by atoms with van der Waals surface area (Å²) in [5.74, 6) is -0.961. The summed E-state index contributed by atoms with van der Waals surface area (Å²) in [6.45, 7) is 3.13. The molecule has 2 fully saturated rings. The summed E-state index contributed by atoms with van der Waals surface area (Å²) in [6, 6.07) is 7.27. The van der Waals surface area contributed by atoms with E-state index in [2.05, 4.69) is 20.2 Å². The van der Waals surface area contributed by atoms with Gasteiger partial charge in [0.2, 0.25) is 0 Å². The van der Waals surface area contributed by atoms with Crippen molar-refractivity contribution in [2.45, 2.75) is 19.4 Å². The van der Waals surface area contributed by atoms with Gasteiger partial charge in [-0.2, -0.15) is 0 Å². The molecule has 1 amide bonds. The molecule has 1 aliphatic carbocycles. The Balaban J connectivity index is 0.00000274. The number of carboxylic acid groups (broad SMARTS) is 1. The molecule has 2 N–H and O–H groups in total. The molecule has 2 aliphatic rings. The van der Waals surface area contributed by atoms with Crippen LogP contribution in [0.3, 0.4) is 0 Å². The number of hydrogen-bond acceptors (Lipinski definition) is 6. The number of thiazole rings is 1. The monoisotopic (exact) mass is 530 g/mol. The van der Waals surface area contributed by atoms with Crippen molar-refractivity contribution in [3.8, 4) is 0 Å². The van der Waals surface area contributed by atoms with E-state index >= 15 is 0 Å². The van der Waals surface area contributed by atoms with Crippen LogP contribution in [0.25, 0.3) is 0 Å². The molecule has 3 atom stereocenters. The standard InChI is InChI=1S/C22H19Cl3N4O3S.Li/c1-9-15(24)16(25)18(26-9)20(30)28-17-12-7-29(8-13(12)17)22-27-14(19(33-22)21(31)32)6-10-2-4-11(23)5-3-10;/h2-5,12-13,17,26H,6-8H2,1H3,(H,28,30)(H,31,32);/q;+1/p-1/t12-,13+,17?;. The van der Waals surface area contributed by atoms with Gasteiger partial charge >= 0.3 is 18.9 Å². The predicted molar refractivity (Wildman–Crippen MR) is 127 cm³/mol. The van der Waals surface area contributed by atoms with Crippen LogP contribution in [0.15, 0.2) is 24.3 Å². The molecule has 3 heterocycles. The number of hydrogen-bond donors (Lipinski definition) is 2. The number of aromatic nitrogens is 2. The Morgan fingerprint density at radius 1 is 1.18 bits per heavy atom. The molecule has 0 radical (unpaired) electrons. The molecule has 1 aliphatic heterocycles. The number of carbonyl (C=O) groups is 2. The first-order chi connectivity index (χ1) is 15.7. The summed E-state index contributed by atoms with van der Waals surface area (Å²) < 4.78 is 0. The second kappa shape index (κ2) is 9.77. The number of nitrogens with zero attached hydrogens (tertiary/aromatic N) is 2. The van der Waals surface area contributed by atoms with E-state index in [-0.39, 0.29) is 58.2 Å². The van der Waals surface area contributed by atoms with E-state index in [0.29, 0.717) is 46.1 Å². The molecule has 1 aromatic carbocycles. The number of amides is 1. The van der Waals surface area contributed by atoms with Crippen molar-refractivity contribution in [1.29, 1.82) is 0 Å². The molecule has 7 nitrogen and oxygen atoms in total. The van der Waals surface area contributed by atoms with E-state index in [1.165, 1.54) is 0 Å². The quantitative estimate of drug-likeness (QED) is 0.453. The van der Waals surface area contributed by atoms with E-state index < -0.39 is 5.97 Å². The third-order valence-electron chi connectivity index (χ3n) is 6.20. The predicted octanol–water partition coefficient (Wildman–Crippen LogP) is 0.563. The fourth-order valence-corrected chi connectivity index (χ4v) is 5.88. The Kier molecular flexibility index (Phi) is 7.31. The molecule has 2 aromatic heterocycles. The van der Waals surface area contributed by atoms with E-state index in [0.717, 1.165) is 16.9 Å². The summed E-state index contributed by atoms with van der Waals surface area (Å²) in [5.41, 5.74) is 2.32.